The zero-order chi connectivity index (χ0) is 22.8. The summed E-state index contributed by atoms with van der Waals surface area (Å²) >= 11 is 1.23. The first kappa shape index (κ1) is 21.7. The van der Waals surface area contributed by atoms with Gasteiger partial charge in [0.25, 0.3) is 5.56 Å². The number of nitrogens with zero attached hydrogens (tertiary/aromatic N) is 3. The van der Waals surface area contributed by atoms with Gasteiger partial charge in [-0.2, -0.15) is 0 Å². The minimum atomic E-state index is -0.570. The molecule has 2 heterocycles. The summed E-state index contributed by atoms with van der Waals surface area (Å²) in [5.74, 6) is -0.645. The van der Waals surface area contributed by atoms with Crippen molar-refractivity contribution in [3.8, 4) is 0 Å². The SMILES string of the molecule is CCN(C(=O)Cn1c(=O)n(Cc2ccc(F)cc2)c(=O)c2sccc21)c1cccc(C)c1. The summed E-state index contributed by atoms with van der Waals surface area (Å²) < 4.78 is 16.1. The molecule has 1 amide bonds. The van der Waals surface area contributed by atoms with Crippen molar-refractivity contribution < 1.29 is 9.18 Å². The highest BCUT2D eigenvalue weighted by molar-refractivity contribution is 7.17. The third-order valence-corrected chi connectivity index (χ3v) is 6.21. The number of halogens is 1. The third-order valence-electron chi connectivity index (χ3n) is 5.31. The highest BCUT2D eigenvalue weighted by Gasteiger charge is 2.20. The zero-order valence-corrected chi connectivity index (χ0v) is 18.6. The molecule has 0 saturated heterocycles. The predicted molar refractivity (Wildman–Crippen MR) is 125 cm³/mol. The van der Waals surface area contributed by atoms with E-state index < -0.39 is 17.1 Å². The highest BCUT2D eigenvalue weighted by Crippen LogP contribution is 2.19. The van der Waals surface area contributed by atoms with Crippen LogP contribution in [0.25, 0.3) is 10.2 Å². The Morgan fingerprint density at radius 1 is 1.06 bits per heavy atom. The van der Waals surface area contributed by atoms with E-state index in [-0.39, 0.29) is 19.0 Å². The van der Waals surface area contributed by atoms with E-state index >= 15 is 0 Å². The molecule has 0 aliphatic rings. The number of carbonyl (C=O) groups is 1. The number of anilines is 1. The first-order valence-corrected chi connectivity index (χ1v) is 11.1. The van der Waals surface area contributed by atoms with E-state index in [4.69, 9.17) is 0 Å². The zero-order valence-electron chi connectivity index (χ0n) is 17.7. The van der Waals surface area contributed by atoms with Gasteiger partial charge in [-0.1, -0.05) is 24.3 Å². The van der Waals surface area contributed by atoms with E-state index in [0.29, 0.717) is 22.3 Å². The quantitative estimate of drug-likeness (QED) is 0.448. The second kappa shape index (κ2) is 8.92. The minimum Gasteiger partial charge on any atom is -0.311 e. The predicted octanol–water partition coefficient (Wildman–Crippen LogP) is 3.77. The first-order chi connectivity index (χ1) is 15.4. The second-order valence-electron chi connectivity index (χ2n) is 7.50. The number of aromatic nitrogens is 2. The van der Waals surface area contributed by atoms with Crippen LogP contribution in [0, 0.1) is 12.7 Å². The molecule has 0 atom stereocenters. The van der Waals surface area contributed by atoms with Crippen LogP contribution >= 0.6 is 11.3 Å². The average Bonchev–Trinajstić information content (AvgIpc) is 3.26. The Hall–Kier alpha value is -3.52. The fourth-order valence-corrected chi connectivity index (χ4v) is 4.56. The molecule has 4 rings (SSSR count). The van der Waals surface area contributed by atoms with Gasteiger partial charge in [0.15, 0.2) is 0 Å². The van der Waals surface area contributed by atoms with Crippen molar-refractivity contribution >= 4 is 33.1 Å². The molecular weight excluding hydrogens is 429 g/mol. The first-order valence-electron chi connectivity index (χ1n) is 10.2. The van der Waals surface area contributed by atoms with Gasteiger partial charge < -0.3 is 4.90 Å². The molecule has 0 unspecified atom stereocenters. The summed E-state index contributed by atoms with van der Waals surface area (Å²) in [5.41, 5.74) is 1.85. The van der Waals surface area contributed by atoms with Gasteiger partial charge in [0, 0.05) is 12.2 Å². The van der Waals surface area contributed by atoms with Crippen molar-refractivity contribution in [2.45, 2.75) is 26.9 Å². The number of thiophene rings is 1. The number of carbonyl (C=O) groups excluding carboxylic acids is 1. The largest absolute Gasteiger partial charge is 0.332 e. The van der Waals surface area contributed by atoms with Crippen molar-refractivity contribution in [2.75, 3.05) is 11.4 Å². The summed E-state index contributed by atoms with van der Waals surface area (Å²) in [7, 11) is 0. The summed E-state index contributed by atoms with van der Waals surface area (Å²) in [4.78, 5) is 41.1. The molecule has 0 fully saturated rings. The Morgan fingerprint density at radius 3 is 2.50 bits per heavy atom. The summed E-state index contributed by atoms with van der Waals surface area (Å²) in [6.45, 7) is 4.07. The molecular formula is C24H22FN3O3S. The van der Waals surface area contributed by atoms with Gasteiger partial charge in [-0.05, 0) is 60.7 Å². The maximum absolute atomic E-state index is 13.3. The van der Waals surface area contributed by atoms with E-state index in [2.05, 4.69) is 0 Å². The van der Waals surface area contributed by atoms with Crippen molar-refractivity contribution in [3.05, 3.63) is 97.8 Å². The fraction of sp³-hybridized carbons (Fsp3) is 0.208. The molecule has 0 aliphatic heterocycles. The van der Waals surface area contributed by atoms with Crippen LogP contribution in [0.5, 0.6) is 0 Å². The molecule has 0 saturated carbocycles. The molecule has 4 aromatic rings. The van der Waals surface area contributed by atoms with Crippen LogP contribution in [0.2, 0.25) is 0 Å². The molecule has 164 valence electrons. The maximum atomic E-state index is 13.3. The molecule has 0 spiro atoms. The normalized spacial score (nSPS) is 11.1. The smallest absolute Gasteiger partial charge is 0.311 e. The van der Waals surface area contributed by atoms with E-state index in [1.54, 1.807) is 16.3 Å². The lowest BCUT2D eigenvalue weighted by Gasteiger charge is -2.22. The van der Waals surface area contributed by atoms with Crippen LogP contribution in [-0.4, -0.2) is 21.6 Å². The summed E-state index contributed by atoms with van der Waals surface area (Å²) in [5, 5.41) is 1.73. The molecule has 32 heavy (non-hydrogen) atoms. The molecule has 8 heteroatoms. The Kier molecular flexibility index (Phi) is 6.05. The molecule has 6 nitrogen and oxygen atoms in total. The molecule has 0 radical (unpaired) electrons. The van der Waals surface area contributed by atoms with Gasteiger partial charge in [0.05, 0.1) is 12.1 Å². The maximum Gasteiger partial charge on any atom is 0.332 e. The third kappa shape index (κ3) is 4.13. The highest BCUT2D eigenvalue weighted by atomic mass is 32.1. The van der Waals surface area contributed by atoms with Crippen molar-refractivity contribution in [3.63, 3.8) is 0 Å². The van der Waals surface area contributed by atoms with E-state index in [1.807, 2.05) is 38.1 Å². The Bertz CT molecular complexity index is 1400. The number of rotatable bonds is 6. The fourth-order valence-electron chi connectivity index (χ4n) is 3.72. The number of likely N-dealkylation sites (N-methyl/N-ethyl adjacent to an activating group) is 1. The molecule has 0 aliphatic carbocycles. The number of aryl methyl sites for hydroxylation is 1. The van der Waals surface area contributed by atoms with Crippen LogP contribution in [0.4, 0.5) is 10.1 Å². The molecule has 2 aromatic carbocycles. The number of benzene rings is 2. The Balaban J connectivity index is 1.76. The van der Waals surface area contributed by atoms with E-state index in [0.717, 1.165) is 15.8 Å². The van der Waals surface area contributed by atoms with Gasteiger partial charge in [-0.25, -0.2) is 9.18 Å². The number of hydrogen-bond acceptors (Lipinski definition) is 4. The van der Waals surface area contributed by atoms with Crippen molar-refractivity contribution in [2.24, 2.45) is 0 Å². The molecule has 0 N–H and O–H groups in total. The Labute approximate surface area is 187 Å². The molecule has 2 aromatic heterocycles. The van der Waals surface area contributed by atoms with Gasteiger partial charge in [-0.15, -0.1) is 11.3 Å². The van der Waals surface area contributed by atoms with Crippen molar-refractivity contribution in [1.29, 1.82) is 0 Å². The average molecular weight is 452 g/mol. The van der Waals surface area contributed by atoms with Gasteiger partial charge in [0.2, 0.25) is 5.91 Å². The lowest BCUT2D eigenvalue weighted by atomic mass is 10.2. The second-order valence-corrected chi connectivity index (χ2v) is 8.41. The molecule has 0 bridgehead atoms. The minimum absolute atomic E-state index is 0.00461. The van der Waals surface area contributed by atoms with Crippen LogP contribution in [0.3, 0.4) is 0 Å². The topological polar surface area (TPSA) is 64.3 Å². The summed E-state index contributed by atoms with van der Waals surface area (Å²) in [6.07, 6.45) is 0. The lowest BCUT2D eigenvalue weighted by molar-refractivity contribution is -0.119. The summed E-state index contributed by atoms with van der Waals surface area (Å²) in [6, 6.07) is 14.9. The van der Waals surface area contributed by atoms with Gasteiger partial charge in [-0.3, -0.25) is 18.7 Å². The van der Waals surface area contributed by atoms with Crippen LogP contribution < -0.4 is 16.1 Å². The lowest BCUT2D eigenvalue weighted by Crippen LogP contribution is -2.43. The van der Waals surface area contributed by atoms with Crippen LogP contribution in [0.1, 0.15) is 18.1 Å². The van der Waals surface area contributed by atoms with Crippen molar-refractivity contribution in [1.82, 2.24) is 9.13 Å². The van der Waals surface area contributed by atoms with E-state index in [1.165, 1.54) is 40.2 Å². The monoisotopic (exact) mass is 451 g/mol. The Morgan fingerprint density at radius 2 is 1.81 bits per heavy atom. The van der Waals surface area contributed by atoms with E-state index in [9.17, 15) is 18.8 Å². The number of fused-ring (bicyclic) bond motifs is 1. The van der Waals surface area contributed by atoms with Crippen LogP contribution in [0.15, 0.2) is 69.6 Å². The number of amides is 1. The van der Waals surface area contributed by atoms with Gasteiger partial charge >= 0.3 is 5.69 Å². The van der Waals surface area contributed by atoms with Gasteiger partial charge in [0.1, 0.15) is 17.1 Å². The number of hydrogen-bond donors (Lipinski definition) is 0. The standard InChI is InChI=1S/C24H22FN3O3S/c1-3-26(19-6-4-5-16(2)13-19)21(29)15-27-20-11-12-32-22(20)23(30)28(24(27)31)14-17-7-9-18(25)10-8-17/h4-13H,3,14-15H2,1-2H3. The van der Waals surface area contributed by atoms with Crippen LogP contribution in [-0.2, 0) is 17.9 Å².